The van der Waals surface area contributed by atoms with Crippen molar-refractivity contribution in [1.82, 2.24) is 0 Å². The molecule has 0 aliphatic carbocycles. The van der Waals surface area contributed by atoms with Gasteiger partial charge in [0.2, 0.25) is 0 Å². The van der Waals surface area contributed by atoms with Crippen LogP contribution in [0.25, 0.3) is 0 Å². The van der Waals surface area contributed by atoms with Crippen LogP contribution in [0.3, 0.4) is 0 Å². The highest BCUT2D eigenvalue weighted by Gasteiger charge is 2.08. The molecule has 22 heavy (non-hydrogen) atoms. The molecule has 0 unspecified atom stereocenters. The first-order chi connectivity index (χ1) is 10.6. The van der Waals surface area contributed by atoms with Crippen molar-refractivity contribution in [2.24, 2.45) is 0 Å². The summed E-state index contributed by atoms with van der Waals surface area (Å²) in [6.07, 6.45) is 0. The molecule has 0 aromatic heterocycles. The molecular formula is C18H23N3S. The third-order valence-corrected chi connectivity index (χ3v) is 3.66. The van der Waals surface area contributed by atoms with Gasteiger partial charge in [0.1, 0.15) is 0 Å². The molecular weight excluding hydrogens is 290 g/mol. The van der Waals surface area contributed by atoms with E-state index in [0.29, 0.717) is 11.2 Å². The summed E-state index contributed by atoms with van der Waals surface area (Å²) < 4.78 is 0. The second-order valence-corrected chi connectivity index (χ2v) is 5.78. The van der Waals surface area contributed by atoms with Crippen molar-refractivity contribution in [2.75, 3.05) is 22.1 Å². The van der Waals surface area contributed by atoms with E-state index in [1.165, 1.54) is 5.69 Å². The first-order valence-electron chi connectivity index (χ1n) is 7.60. The van der Waals surface area contributed by atoms with Gasteiger partial charge in [0.15, 0.2) is 5.11 Å². The van der Waals surface area contributed by atoms with Gasteiger partial charge in [-0.15, -0.1) is 0 Å². The minimum Gasteiger partial charge on any atom is -0.369 e. The third-order valence-electron chi connectivity index (χ3n) is 3.45. The molecule has 0 bridgehead atoms. The summed E-state index contributed by atoms with van der Waals surface area (Å²) in [5.74, 6) is 0. The van der Waals surface area contributed by atoms with Crippen LogP contribution in [-0.4, -0.2) is 17.7 Å². The molecule has 0 aliphatic heterocycles. The topological polar surface area (TPSA) is 27.3 Å². The number of benzene rings is 2. The zero-order chi connectivity index (χ0) is 15.9. The SMILES string of the molecule is CCN(c1ccc(NC(=S)Nc2ccccc2)cc1)C(C)C. The van der Waals surface area contributed by atoms with Crippen molar-refractivity contribution in [3.63, 3.8) is 0 Å². The molecule has 3 nitrogen and oxygen atoms in total. The van der Waals surface area contributed by atoms with Crippen molar-refractivity contribution in [3.8, 4) is 0 Å². The lowest BCUT2D eigenvalue weighted by molar-refractivity contribution is 0.704. The lowest BCUT2D eigenvalue weighted by Gasteiger charge is -2.27. The van der Waals surface area contributed by atoms with Crippen molar-refractivity contribution >= 4 is 34.4 Å². The van der Waals surface area contributed by atoms with Crippen LogP contribution >= 0.6 is 12.2 Å². The molecule has 2 N–H and O–H groups in total. The number of hydrogen-bond donors (Lipinski definition) is 2. The fourth-order valence-corrected chi connectivity index (χ4v) is 2.63. The standard InChI is InChI=1S/C18H23N3S/c1-4-21(14(2)3)17-12-10-16(11-13-17)20-18(22)19-15-8-6-5-7-9-15/h5-14H,4H2,1-3H3,(H2,19,20,22). The largest absolute Gasteiger partial charge is 0.369 e. The van der Waals surface area contributed by atoms with Gasteiger partial charge < -0.3 is 15.5 Å². The summed E-state index contributed by atoms with van der Waals surface area (Å²) in [5, 5.41) is 6.97. The van der Waals surface area contributed by atoms with E-state index >= 15 is 0 Å². The van der Waals surface area contributed by atoms with Gasteiger partial charge in [-0.2, -0.15) is 0 Å². The van der Waals surface area contributed by atoms with Gasteiger partial charge in [-0.1, -0.05) is 18.2 Å². The maximum Gasteiger partial charge on any atom is 0.175 e. The summed E-state index contributed by atoms with van der Waals surface area (Å²) >= 11 is 5.33. The molecule has 0 radical (unpaired) electrons. The van der Waals surface area contributed by atoms with Crippen molar-refractivity contribution in [2.45, 2.75) is 26.8 Å². The fourth-order valence-electron chi connectivity index (χ4n) is 2.40. The molecule has 0 fully saturated rings. The number of rotatable bonds is 5. The summed E-state index contributed by atoms with van der Waals surface area (Å²) in [7, 11) is 0. The highest BCUT2D eigenvalue weighted by atomic mass is 32.1. The second kappa shape index (κ2) is 7.80. The highest BCUT2D eigenvalue weighted by Crippen LogP contribution is 2.20. The summed E-state index contributed by atoms with van der Waals surface area (Å²) in [6.45, 7) is 7.58. The molecule has 0 aliphatic rings. The maximum absolute atomic E-state index is 5.33. The van der Waals surface area contributed by atoms with Gasteiger partial charge in [-0.05, 0) is 69.4 Å². The monoisotopic (exact) mass is 313 g/mol. The second-order valence-electron chi connectivity index (χ2n) is 5.37. The zero-order valence-electron chi connectivity index (χ0n) is 13.3. The Morgan fingerprint density at radius 1 is 0.955 bits per heavy atom. The third kappa shape index (κ3) is 4.46. The van der Waals surface area contributed by atoms with E-state index in [1.54, 1.807) is 0 Å². The molecule has 0 saturated carbocycles. The van der Waals surface area contributed by atoms with E-state index < -0.39 is 0 Å². The van der Waals surface area contributed by atoms with Gasteiger partial charge in [0.25, 0.3) is 0 Å². The Balaban J connectivity index is 1.97. The smallest absolute Gasteiger partial charge is 0.175 e. The van der Waals surface area contributed by atoms with E-state index in [9.17, 15) is 0 Å². The van der Waals surface area contributed by atoms with Crippen LogP contribution in [0.5, 0.6) is 0 Å². The minimum atomic E-state index is 0.490. The highest BCUT2D eigenvalue weighted by molar-refractivity contribution is 7.80. The number of anilines is 3. The molecule has 0 heterocycles. The van der Waals surface area contributed by atoms with Crippen LogP contribution in [0.1, 0.15) is 20.8 Å². The molecule has 4 heteroatoms. The van der Waals surface area contributed by atoms with Crippen LogP contribution in [-0.2, 0) is 0 Å². The molecule has 2 rings (SSSR count). The average molecular weight is 313 g/mol. The maximum atomic E-state index is 5.33. The quantitative estimate of drug-likeness (QED) is 0.780. The Labute approximate surface area is 138 Å². The number of thiocarbonyl (C=S) groups is 1. The lowest BCUT2D eigenvalue weighted by Crippen LogP contribution is -2.30. The molecule has 0 atom stereocenters. The predicted octanol–water partition coefficient (Wildman–Crippen LogP) is 4.73. The van der Waals surface area contributed by atoms with Crippen LogP contribution in [0.4, 0.5) is 17.1 Å². The summed E-state index contributed by atoms with van der Waals surface area (Å²) in [5.41, 5.74) is 3.19. The fraction of sp³-hybridized carbons (Fsp3) is 0.278. The first-order valence-corrected chi connectivity index (χ1v) is 8.00. The number of hydrogen-bond acceptors (Lipinski definition) is 2. The normalized spacial score (nSPS) is 10.4. The Morgan fingerprint density at radius 3 is 2.00 bits per heavy atom. The van der Waals surface area contributed by atoms with Crippen molar-refractivity contribution < 1.29 is 0 Å². The molecule has 0 spiro atoms. The van der Waals surface area contributed by atoms with Gasteiger partial charge in [0, 0.05) is 29.6 Å². The molecule has 2 aromatic rings. The number of nitrogens with zero attached hydrogens (tertiary/aromatic N) is 1. The Kier molecular flexibility index (Phi) is 5.78. The Hall–Kier alpha value is -2.07. The molecule has 0 saturated heterocycles. The first kappa shape index (κ1) is 16.3. The van der Waals surface area contributed by atoms with E-state index in [4.69, 9.17) is 12.2 Å². The number of nitrogens with one attached hydrogen (secondary N) is 2. The van der Waals surface area contributed by atoms with E-state index in [0.717, 1.165) is 17.9 Å². The molecule has 116 valence electrons. The molecule has 2 aromatic carbocycles. The Bertz CT molecular complexity index is 593. The van der Waals surface area contributed by atoms with E-state index in [1.807, 2.05) is 30.3 Å². The summed E-state index contributed by atoms with van der Waals surface area (Å²) in [4.78, 5) is 2.35. The molecule has 0 amide bonds. The predicted molar refractivity (Wildman–Crippen MR) is 101 cm³/mol. The van der Waals surface area contributed by atoms with Gasteiger partial charge in [-0.25, -0.2) is 0 Å². The van der Waals surface area contributed by atoms with E-state index in [-0.39, 0.29) is 0 Å². The summed E-state index contributed by atoms with van der Waals surface area (Å²) in [6, 6.07) is 18.7. The Morgan fingerprint density at radius 2 is 1.50 bits per heavy atom. The van der Waals surface area contributed by atoms with Crippen molar-refractivity contribution in [1.29, 1.82) is 0 Å². The minimum absolute atomic E-state index is 0.490. The van der Waals surface area contributed by atoms with Crippen LogP contribution in [0.15, 0.2) is 54.6 Å². The average Bonchev–Trinajstić information content (AvgIpc) is 2.50. The van der Waals surface area contributed by atoms with Crippen LogP contribution in [0, 0.1) is 0 Å². The zero-order valence-corrected chi connectivity index (χ0v) is 14.2. The lowest BCUT2D eigenvalue weighted by atomic mass is 10.2. The number of para-hydroxylation sites is 1. The van der Waals surface area contributed by atoms with Gasteiger partial charge >= 0.3 is 0 Å². The van der Waals surface area contributed by atoms with Crippen LogP contribution < -0.4 is 15.5 Å². The van der Waals surface area contributed by atoms with E-state index in [2.05, 4.69) is 60.6 Å². The van der Waals surface area contributed by atoms with Gasteiger partial charge in [-0.3, -0.25) is 0 Å². The van der Waals surface area contributed by atoms with Crippen LogP contribution in [0.2, 0.25) is 0 Å². The van der Waals surface area contributed by atoms with Crippen molar-refractivity contribution in [3.05, 3.63) is 54.6 Å². The van der Waals surface area contributed by atoms with Gasteiger partial charge in [0.05, 0.1) is 0 Å².